The molecule has 0 radical (unpaired) electrons. The maximum absolute atomic E-state index is 13.7. The molecule has 2 heterocycles. The second-order valence-corrected chi connectivity index (χ2v) is 7.71. The smallest absolute Gasteiger partial charge is 0.282 e. The molecule has 164 valence electrons. The number of hydrogen-bond acceptors (Lipinski definition) is 6. The van der Waals surface area contributed by atoms with Gasteiger partial charge in [-0.05, 0) is 47.9 Å². The summed E-state index contributed by atoms with van der Waals surface area (Å²) in [6, 6.07) is 20.2. The summed E-state index contributed by atoms with van der Waals surface area (Å²) < 4.78 is 5.27. The number of hydrogen-bond donors (Lipinski definition) is 0. The lowest BCUT2D eigenvalue weighted by Gasteiger charge is -2.22. The fourth-order valence-corrected chi connectivity index (χ4v) is 4.33. The largest absolute Gasteiger partial charge is 0.497 e. The summed E-state index contributed by atoms with van der Waals surface area (Å²) in [7, 11) is 1.51. The fraction of sp³-hybridized carbons (Fsp3) is 0.120. The van der Waals surface area contributed by atoms with E-state index in [0.29, 0.717) is 23.5 Å². The van der Waals surface area contributed by atoms with Crippen LogP contribution in [0.2, 0.25) is 0 Å². The van der Waals surface area contributed by atoms with E-state index in [1.807, 2.05) is 29.2 Å². The molecule has 0 aliphatic carbocycles. The van der Waals surface area contributed by atoms with Crippen molar-refractivity contribution in [3.63, 3.8) is 0 Å². The topological polar surface area (TPSA) is 93.0 Å². The predicted octanol–water partition coefficient (Wildman–Crippen LogP) is 3.95. The molecule has 0 fully saturated rings. The number of anilines is 2. The maximum atomic E-state index is 13.7. The Morgan fingerprint density at radius 2 is 1.70 bits per heavy atom. The highest BCUT2D eigenvalue weighted by atomic mass is 16.6. The van der Waals surface area contributed by atoms with Gasteiger partial charge in [-0.25, -0.2) is 4.90 Å². The number of non-ortho nitro benzene ring substituents is 1. The van der Waals surface area contributed by atoms with Crippen molar-refractivity contribution in [2.24, 2.45) is 0 Å². The van der Waals surface area contributed by atoms with E-state index < -0.39 is 16.7 Å². The minimum Gasteiger partial charge on any atom is -0.497 e. The lowest BCUT2D eigenvalue weighted by molar-refractivity contribution is -0.384. The molecule has 2 aliphatic rings. The summed E-state index contributed by atoms with van der Waals surface area (Å²) in [6.45, 7) is 0.552. The van der Waals surface area contributed by atoms with Crippen LogP contribution in [0.4, 0.5) is 17.1 Å². The number of carbonyl (C=O) groups excluding carboxylic acids is 2. The Hall–Kier alpha value is -4.46. The monoisotopic (exact) mass is 441 g/mol. The Kier molecular flexibility index (Phi) is 4.90. The van der Waals surface area contributed by atoms with Gasteiger partial charge in [0.05, 0.1) is 23.3 Å². The van der Waals surface area contributed by atoms with E-state index in [-0.39, 0.29) is 17.0 Å². The Labute approximate surface area is 189 Å². The van der Waals surface area contributed by atoms with Crippen molar-refractivity contribution in [1.82, 2.24) is 0 Å². The van der Waals surface area contributed by atoms with Crippen molar-refractivity contribution >= 4 is 34.4 Å². The number of para-hydroxylation sites is 1. The van der Waals surface area contributed by atoms with Crippen LogP contribution in [0.1, 0.15) is 11.1 Å². The third-order valence-corrected chi connectivity index (χ3v) is 5.89. The highest BCUT2D eigenvalue weighted by Crippen LogP contribution is 2.40. The fourth-order valence-electron chi connectivity index (χ4n) is 4.33. The highest BCUT2D eigenvalue weighted by molar-refractivity contribution is 6.46. The van der Waals surface area contributed by atoms with Crippen LogP contribution in [0.15, 0.2) is 78.5 Å². The number of benzene rings is 3. The minimum atomic E-state index is -0.500. The van der Waals surface area contributed by atoms with Gasteiger partial charge in [-0.1, -0.05) is 24.3 Å². The van der Waals surface area contributed by atoms with Crippen molar-refractivity contribution in [3.05, 3.63) is 99.7 Å². The van der Waals surface area contributed by atoms with Crippen LogP contribution in [0.3, 0.4) is 0 Å². The van der Waals surface area contributed by atoms with Crippen molar-refractivity contribution in [2.45, 2.75) is 6.42 Å². The van der Waals surface area contributed by atoms with Crippen LogP contribution in [-0.2, 0) is 16.0 Å². The molecule has 0 saturated carbocycles. The van der Waals surface area contributed by atoms with E-state index in [2.05, 4.69) is 0 Å². The van der Waals surface area contributed by atoms with Crippen LogP contribution in [0.5, 0.6) is 5.75 Å². The quantitative estimate of drug-likeness (QED) is 0.338. The molecule has 0 aromatic heterocycles. The molecule has 0 spiro atoms. The normalized spacial score (nSPS) is 15.3. The molecule has 3 aromatic rings. The first-order valence-electron chi connectivity index (χ1n) is 10.4. The van der Waals surface area contributed by atoms with Gasteiger partial charge in [-0.15, -0.1) is 0 Å². The standard InChI is InChI=1S/C25H19N3O5/c1-33-20-7-4-6-19(15-20)27-24(29)22(17-9-11-18(12-10-17)28(31)32)23(25(27)30)26-14-13-16-5-2-3-8-21(16)26/h2-12,15H,13-14H2,1H3. The molecular formula is C25H19N3O5. The summed E-state index contributed by atoms with van der Waals surface area (Å²) in [5.74, 6) is -0.412. The second kappa shape index (κ2) is 7.90. The SMILES string of the molecule is COc1cccc(N2C(=O)C(c3ccc([N+](=O)[O-])cc3)=C(N3CCc4ccccc43)C2=O)c1. The first-order valence-corrected chi connectivity index (χ1v) is 10.4. The lowest BCUT2D eigenvalue weighted by Crippen LogP contribution is -2.34. The molecule has 5 rings (SSSR count). The summed E-state index contributed by atoms with van der Waals surface area (Å²) in [4.78, 5) is 41.0. The summed E-state index contributed by atoms with van der Waals surface area (Å²) in [5, 5.41) is 11.1. The van der Waals surface area contributed by atoms with Crippen LogP contribution < -0.4 is 14.5 Å². The number of amides is 2. The number of ether oxygens (including phenoxy) is 1. The van der Waals surface area contributed by atoms with Crippen molar-refractivity contribution < 1.29 is 19.2 Å². The molecule has 0 unspecified atom stereocenters. The Bertz CT molecular complexity index is 1330. The first-order chi connectivity index (χ1) is 16.0. The molecule has 0 atom stereocenters. The predicted molar refractivity (Wildman–Crippen MR) is 123 cm³/mol. The molecule has 3 aromatic carbocycles. The van der Waals surface area contributed by atoms with Gasteiger partial charge < -0.3 is 9.64 Å². The number of carbonyl (C=O) groups is 2. The number of nitrogens with zero attached hydrogens (tertiary/aromatic N) is 3. The number of nitro benzene ring substituents is 1. The molecular weight excluding hydrogens is 422 g/mol. The number of methoxy groups -OCH3 is 1. The minimum absolute atomic E-state index is 0.0890. The number of nitro groups is 1. The average Bonchev–Trinajstić information content (AvgIpc) is 3.37. The van der Waals surface area contributed by atoms with Gasteiger partial charge in [0, 0.05) is 30.4 Å². The Balaban J connectivity index is 1.67. The lowest BCUT2D eigenvalue weighted by atomic mass is 10.0. The third kappa shape index (κ3) is 3.32. The molecule has 0 bridgehead atoms. The van der Waals surface area contributed by atoms with Crippen molar-refractivity contribution in [1.29, 1.82) is 0 Å². The van der Waals surface area contributed by atoms with Gasteiger partial charge in [0.15, 0.2) is 0 Å². The molecule has 0 saturated heterocycles. The first kappa shape index (κ1) is 20.4. The van der Waals surface area contributed by atoms with E-state index in [1.165, 1.54) is 31.4 Å². The van der Waals surface area contributed by atoms with E-state index in [9.17, 15) is 19.7 Å². The molecule has 2 amide bonds. The molecule has 8 heteroatoms. The average molecular weight is 441 g/mol. The van der Waals surface area contributed by atoms with Gasteiger partial charge >= 0.3 is 0 Å². The Morgan fingerprint density at radius 1 is 0.939 bits per heavy atom. The third-order valence-electron chi connectivity index (χ3n) is 5.89. The molecule has 33 heavy (non-hydrogen) atoms. The number of rotatable bonds is 5. The van der Waals surface area contributed by atoms with Gasteiger partial charge in [-0.3, -0.25) is 19.7 Å². The summed E-state index contributed by atoms with van der Waals surface area (Å²) in [5.41, 5.74) is 3.20. The van der Waals surface area contributed by atoms with Gasteiger partial charge in [0.2, 0.25) is 0 Å². The van der Waals surface area contributed by atoms with Gasteiger partial charge in [0.25, 0.3) is 17.5 Å². The van der Waals surface area contributed by atoms with E-state index >= 15 is 0 Å². The van der Waals surface area contributed by atoms with Crippen molar-refractivity contribution in [3.8, 4) is 5.75 Å². The van der Waals surface area contributed by atoms with Gasteiger partial charge in [0.1, 0.15) is 11.4 Å². The van der Waals surface area contributed by atoms with Crippen LogP contribution in [0.25, 0.3) is 5.57 Å². The van der Waals surface area contributed by atoms with E-state index in [1.54, 1.807) is 24.3 Å². The van der Waals surface area contributed by atoms with E-state index in [4.69, 9.17) is 4.74 Å². The maximum Gasteiger partial charge on any atom is 0.282 e. The van der Waals surface area contributed by atoms with Crippen LogP contribution in [-0.4, -0.2) is 30.4 Å². The Morgan fingerprint density at radius 3 is 2.42 bits per heavy atom. The van der Waals surface area contributed by atoms with Gasteiger partial charge in [-0.2, -0.15) is 0 Å². The summed E-state index contributed by atoms with van der Waals surface area (Å²) in [6.07, 6.45) is 0.744. The van der Waals surface area contributed by atoms with Crippen LogP contribution in [0, 0.1) is 10.1 Å². The van der Waals surface area contributed by atoms with Crippen molar-refractivity contribution in [2.75, 3.05) is 23.5 Å². The zero-order chi connectivity index (χ0) is 23.1. The second-order valence-electron chi connectivity index (χ2n) is 7.71. The van der Waals surface area contributed by atoms with Crippen LogP contribution >= 0.6 is 0 Å². The highest BCUT2D eigenvalue weighted by Gasteiger charge is 2.44. The number of fused-ring (bicyclic) bond motifs is 1. The van der Waals surface area contributed by atoms with E-state index in [0.717, 1.165) is 22.6 Å². The molecule has 2 aliphatic heterocycles. The molecule has 8 nitrogen and oxygen atoms in total. The molecule has 0 N–H and O–H groups in total. The number of imide groups is 1. The zero-order valence-corrected chi connectivity index (χ0v) is 17.7. The summed E-state index contributed by atoms with van der Waals surface area (Å²) >= 11 is 0. The zero-order valence-electron chi connectivity index (χ0n) is 17.7.